The number of rotatable bonds is 12. The standard InChI is InChI=1S/C27H45N3O4/c1-7-10-11-12-21(23(32)26(34)29-9-3)30-25(33)20-16-14-18(13-15-19(20)8-2)17-22(31)24(28)27(4,5)6/h8,11-12,18-21,24H,2,7,9-10,13-17,28H2,1,3-6H3,(H,29,34)(H,30,33)/b12-11+/t18?,19-,20-,21?,24+/m0/s1. The van der Waals surface area contributed by atoms with Gasteiger partial charge in [0.25, 0.3) is 5.91 Å². The molecule has 7 nitrogen and oxygen atoms in total. The van der Waals surface area contributed by atoms with Gasteiger partial charge in [-0.25, -0.2) is 0 Å². The number of nitrogens with one attached hydrogen (secondary N) is 2. The summed E-state index contributed by atoms with van der Waals surface area (Å²) in [5, 5.41) is 5.31. The smallest absolute Gasteiger partial charge is 0.289 e. The largest absolute Gasteiger partial charge is 0.350 e. The summed E-state index contributed by atoms with van der Waals surface area (Å²) in [6, 6.07) is -1.51. The number of hydrogen-bond donors (Lipinski definition) is 3. The van der Waals surface area contributed by atoms with Crippen LogP contribution in [0.2, 0.25) is 0 Å². The lowest BCUT2D eigenvalue weighted by atomic mass is 9.81. The summed E-state index contributed by atoms with van der Waals surface area (Å²) in [4.78, 5) is 50.7. The Morgan fingerprint density at radius 2 is 1.74 bits per heavy atom. The van der Waals surface area contributed by atoms with Crippen molar-refractivity contribution in [1.82, 2.24) is 10.6 Å². The quantitative estimate of drug-likeness (QED) is 0.227. The maximum absolute atomic E-state index is 13.3. The normalized spacial score (nSPS) is 22.9. The van der Waals surface area contributed by atoms with Crippen molar-refractivity contribution < 1.29 is 19.2 Å². The molecule has 0 heterocycles. The number of likely N-dealkylation sites (N-methyl/N-ethyl adjacent to an activating group) is 1. The van der Waals surface area contributed by atoms with E-state index in [9.17, 15) is 19.2 Å². The molecular formula is C27H45N3O4. The molecule has 4 N–H and O–H groups in total. The Bertz CT molecular complexity index is 753. The summed E-state index contributed by atoms with van der Waals surface area (Å²) in [7, 11) is 0. The van der Waals surface area contributed by atoms with Gasteiger partial charge in [0.15, 0.2) is 0 Å². The van der Waals surface area contributed by atoms with E-state index in [1.807, 2.05) is 33.8 Å². The number of unbranched alkanes of at least 4 members (excludes halogenated alkanes) is 1. The van der Waals surface area contributed by atoms with Crippen molar-refractivity contribution in [3.05, 3.63) is 24.8 Å². The summed E-state index contributed by atoms with van der Waals surface area (Å²) < 4.78 is 0. The van der Waals surface area contributed by atoms with Gasteiger partial charge in [0.2, 0.25) is 11.7 Å². The molecule has 0 radical (unpaired) electrons. The van der Waals surface area contributed by atoms with Gasteiger partial charge in [0.1, 0.15) is 11.8 Å². The molecule has 0 aromatic rings. The van der Waals surface area contributed by atoms with E-state index in [1.165, 1.54) is 0 Å². The van der Waals surface area contributed by atoms with Gasteiger partial charge in [-0.2, -0.15) is 0 Å². The number of nitrogens with two attached hydrogens (primary N) is 1. The third-order valence-electron chi connectivity index (χ3n) is 6.65. The Kier molecular flexibility index (Phi) is 12.4. The zero-order valence-corrected chi connectivity index (χ0v) is 21.7. The lowest BCUT2D eigenvalue weighted by molar-refractivity contribution is -0.139. The minimum Gasteiger partial charge on any atom is -0.350 e. The van der Waals surface area contributed by atoms with Crippen LogP contribution in [0.15, 0.2) is 24.8 Å². The molecule has 1 rings (SSSR count). The molecule has 0 saturated heterocycles. The number of carbonyl (C=O) groups is 4. The lowest BCUT2D eigenvalue weighted by Gasteiger charge is -2.27. The number of amides is 2. The molecule has 0 spiro atoms. The van der Waals surface area contributed by atoms with Crippen LogP contribution >= 0.6 is 0 Å². The molecule has 1 aliphatic carbocycles. The summed E-state index contributed by atoms with van der Waals surface area (Å²) in [6.45, 7) is 13.9. The highest BCUT2D eigenvalue weighted by Gasteiger charge is 2.35. The van der Waals surface area contributed by atoms with E-state index in [0.717, 1.165) is 32.1 Å². The fraction of sp³-hybridized carbons (Fsp3) is 0.704. The van der Waals surface area contributed by atoms with Gasteiger partial charge in [-0.15, -0.1) is 6.58 Å². The third-order valence-corrected chi connectivity index (χ3v) is 6.65. The van der Waals surface area contributed by atoms with Gasteiger partial charge < -0.3 is 16.4 Å². The zero-order valence-electron chi connectivity index (χ0n) is 21.7. The van der Waals surface area contributed by atoms with Crippen molar-refractivity contribution in [3.63, 3.8) is 0 Å². The van der Waals surface area contributed by atoms with E-state index in [2.05, 4.69) is 17.2 Å². The predicted octanol–water partition coefficient (Wildman–Crippen LogP) is 3.47. The molecule has 0 bridgehead atoms. The first-order chi connectivity index (χ1) is 16.0. The minimum absolute atomic E-state index is 0.0590. The summed E-state index contributed by atoms with van der Waals surface area (Å²) in [6.07, 6.45) is 10.2. The minimum atomic E-state index is -0.999. The van der Waals surface area contributed by atoms with Crippen LogP contribution in [-0.4, -0.2) is 42.0 Å². The lowest BCUT2D eigenvalue weighted by Crippen LogP contribution is -2.48. The van der Waals surface area contributed by atoms with Crippen molar-refractivity contribution in [2.75, 3.05) is 6.54 Å². The summed E-state index contributed by atoms with van der Waals surface area (Å²) in [5.41, 5.74) is 5.87. The highest BCUT2D eigenvalue weighted by Crippen LogP contribution is 2.35. The Labute approximate surface area is 205 Å². The summed E-state index contributed by atoms with van der Waals surface area (Å²) >= 11 is 0. The first-order valence-corrected chi connectivity index (χ1v) is 12.7. The van der Waals surface area contributed by atoms with Crippen LogP contribution in [0.3, 0.4) is 0 Å². The fourth-order valence-electron chi connectivity index (χ4n) is 4.36. The predicted molar refractivity (Wildman–Crippen MR) is 136 cm³/mol. The molecule has 2 unspecified atom stereocenters. The van der Waals surface area contributed by atoms with E-state index in [-0.39, 0.29) is 34.9 Å². The monoisotopic (exact) mass is 475 g/mol. The molecule has 0 aliphatic heterocycles. The van der Waals surface area contributed by atoms with Crippen molar-refractivity contribution in [3.8, 4) is 0 Å². The SMILES string of the molecule is C=C[C@H]1CCC(CC(=O)[C@@H](N)C(C)(C)C)CC[C@@H]1C(=O)NC(/C=C/CCC)C(=O)C(=O)NCC. The first kappa shape index (κ1) is 29.8. The van der Waals surface area contributed by atoms with Crippen molar-refractivity contribution >= 4 is 23.4 Å². The van der Waals surface area contributed by atoms with Crippen LogP contribution in [0.25, 0.3) is 0 Å². The molecule has 1 aliphatic rings. The fourth-order valence-corrected chi connectivity index (χ4v) is 4.36. The van der Waals surface area contributed by atoms with Gasteiger partial charge in [-0.1, -0.05) is 52.3 Å². The molecular weight excluding hydrogens is 430 g/mol. The first-order valence-electron chi connectivity index (χ1n) is 12.7. The van der Waals surface area contributed by atoms with Crippen molar-refractivity contribution in [2.45, 2.75) is 91.6 Å². The van der Waals surface area contributed by atoms with Crippen LogP contribution in [0.1, 0.15) is 79.6 Å². The second-order valence-electron chi connectivity index (χ2n) is 10.5. The number of carbonyl (C=O) groups excluding carboxylic acids is 4. The van der Waals surface area contributed by atoms with E-state index in [0.29, 0.717) is 19.4 Å². The van der Waals surface area contributed by atoms with Gasteiger partial charge in [-0.05, 0) is 56.3 Å². The highest BCUT2D eigenvalue weighted by molar-refractivity contribution is 6.38. The number of allylic oxidation sites excluding steroid dienone is 2. The van der Waals surface area contributed by atoms with E-state index >= 15 is 0 Å². The Balaban J connectivity index is 2.92. The molecule has 0 aromatic carbocycles. The van der Waals surface area contributed by atoms with Crippen molar-refractivity contribution in [1.29, 1.82) is 0 Å². The Morgan fingerprint density at radius 1 is 1.09 bits per heavy atom. The van der Waals surface area contributed by atoms with Gasteiger partial charge in [-0.3, -0.25) is 19.2 Å². The molecule has 0 aromatic heterocycles. The molecule has 34 heavy (non-hydrogen) atoms. The highest BCUT2D eigenvalue weighted by atomic mass is 16.2. The molecule has 2 amide bonds. The average Bonchev–Trinajstić information content (AvgIpc) is 2.98. The second-order valence-corrected chi connectivity index (χ2v) is 10.5. The van der Waals surface area contributed by atoms with E-state index in [4.69, 9.17) is 5.73 Å². The van der Waals surface area contributed by atoms with E-state index in [1.54, 1.807) is 19.1 Å². The topological polar surface area (TPSA) is 118 Å². The van der Waals surface area contributed by atoms with Gasteiger partial charge >= 0.3 is 0 Å². The molecule has 7 heteroatoms. The summed E-state index contributed by atoms with van der Waals surface area (Å²) in [5.74, 6) is -1.83. The Morgan fingerprint density at radius 3 is 2.29 bits per heavy atom. The van der Waals surface area contributed by atoms with Gasteiger partial charge in [0, 0.05) is 18.9 Å². The molecule has 1 saturated carbocycles. The van der Waals surface area contributed by atoms with Gasteiger partial charge in [0.05, 0.1) is 6.04 Å². The van der Waals surface area contributed by atoms with Crippen LogP contribution in [0.4, 0.5) is 0 Å². The maximum atomic E-state index is 13.3. The third kappa shape index (κ3) is 9.16. The number of hydrogen-bond acceptors (Lipinski definition) is 5. The Hall–Kier alpha value is -2.28. The van der Waals surface area contributed by atoms with Crippen LogP contribution < -0.4 is 16.4 Å². The average molecular weight is 476 g/mol. The number of ketones is 2. The van der Waals surface area contributed by atoms with Crippen LogP contribution in [0.5, 0.6) is 0 Å². The molecule has 192 valence electrons. The molecule has 1 fully saturated rings. The zero-order chi connectivity index (χ0) is 25.9. The van der Waals surface area contributed by atoms with Crippen molar-refractivity contribution in [2.24, 2.45) is 28.9 Å². The van der Waals surface area contributed by atoms with E-state index < -0.39 is 23.8 Å². The second kappa shape index (κ2) is 14.2. The van der Waals surface area contributed by atoms with Crippen LogP contribution in [-0.2, 0) is 19.2 Å². The van der Waals surface area contributed by atoms with Crippen LogP contribution in [0, 0.1) is 23.2 Å². The maximum Gasteiger partial charge on any atom is 0.289 e. The number of Topliss-reactive ketones (excluding diaryl/α,β-unsaturated/α-hetero) is 2. The molecule has 5 atom stereocenters.